The van der Waals surface area contributed by atoms with Crippen LogP contribution in [0.5, 0.6) is 0 Å². The maximum absolute atomic E-state index is 12.1. The second-order valence-electron chi connectivity index (χ2n) is 5.41. The summed E-state index contributed by atoms with van der Waals surface area (Å²) >= 11 is 6.03. The summed E-state index contributed by atoms with van der Waals surface area (Å²) < 4.78 is 0. The molecule has 0 spiro atoms. The second kappa shape index (κ2) is 4.81. The van der Waals surface area contributed by atoms with E-state index in [1.807, 2.05) is 0 Å². The Bertz CT molecular complexity index is 467. The van der Waals surface area contributed by atoms with Gasteiger partial charge in [-0.25, -0.2) is 0 Å². The number of halogens is 1. The monoisotopic (exact) mass is 266 g/mol. The van der Waals surface area contributed by atoms with Crippen molar-refractivity contribution in [2.45, 2.75) is 26.7 Å². The first-order valence-corrected chi connectivity index (χ1v) is 6.66. The van der Waals surface area contributed by atoms with E-state index in [0.29, 0.717) is 34.2 Å². The smallest absolute Gasteiger partial charge is 0.252 e. The van der Waals surface area contributed by atoms with Gasteiger partial charge in [0, 0.05) is 6.54 Å². The molecule has 98 valence electrons. The minimum atomic E-state index is -0.140. The highest BCUT2D eigenvalue weighted by Crippen LogP contribution is 2.51. The molecule has 1 amide bonds. The summed E-state index contributed by atoms with van der Waals surface area (Å²) in [5.41, 5.74) is 6.88. The van der Waals surface area contributed by atoms with Crippen molar-refractivity contribution in [2.24, 2.45) is 11.3 Å². The number of nitrogen functional groups attached to an aromatic ring is 1. The van der Waals surface area contributed by atoms with Crippen LogP contribution in [0.15, 0.2) is 18.2 Å². The Hall–Kier alpha value is -1.22. The van der Waals surface area contributed by atoms with Gasteiger partial charge in [-0.2, -0.15) is 0 Å². The zero-order valence-corrected chi connectivity index (χ0v) is 11.6. The van der Waals surface area contributed by atoms with E-state index in [0.717, 1.165) is 0 Å². The fourth-order valence-electron chi connectivity index (χ4n) is 2.20. The summed E-state index contributed by atoms with van der Waals surface area (Å²) in [6.45, 7) is 5.12. The van der Waals surface area contributed by atoms with E-state index in [4.69, 9.17) is 17.3 Å². The van der Waals surface area contributed by atoms with E-state index >= 15 is 0 Å². The molecule has 4 heteroatoms. The third-order valence-electron chi connectivity index (χ3n) is 3.99. The van der Waals surface area contributed by atoms with Gasteiger partial charge >= 0.3 is 0 Å². The van der Waals surface area contributed by atoms with E-state index < -0.39 is 0 Å². The van der Waals surface area contributed by atoms with Crippen LogP contribution >= 0.6 is 11.6 Å². The van der Waals surface area contributed by atoms with Gasteiger partial charge in [0.1, 0.15) is 0 Å². The van der Waals surface area contributed by atoms with Gasteiger partial charge in [0.15, 0.2) is 0 Å². The molecule has 0 bridgehead atoms. The average Bonchev–Trinajstić information content (AvgIpc) is 3.11. The molecule has 1 aliphatic rings. The molecule has 0 atom stereocenters. The molecule has 3 nitrogen and oxygen atoms in total. The lowest BCUT2D eigenvalue weighted by atomic mass is 9.92. The summed E-state index contributed by atoms with van der Waals surface area (Å²) in [6, 6.07) is 5.13. The zero-order valence-electron chi connectivity index (χ0n) is 10.8. The molecule has 0 saturated heterocycles. The summed E-state index contributed by atoms with van der Waals surface area (Å²) in [5, 5.41) is 3.31. The molecule has 0 heterocycles. The average molecular weight is 267 g/mol. The number of hydrogen-bond acceptors (Lipinski definition) is 2. The van der Waals surface area contributed by atoms with Crippen molar-refractivity contribution in [3.8, 4) is 0 Å². The molecule has 0 aromatic heterocycles. The predicted molar refractivity (Wildman–Crippen MR) is 74.7 cm³/mol. The zero-order chi connectivity index (χ0) is 13.3. The van der Waals surface area contributed by atoms with Crippen LogP contribution in [0.3, 0.4) is 0 Å². The maximum Gasteiger partial charge on any atom is 0.252 e. The first-order valence-electron chi connectivity index (χ1n) is 6.28. The topological polar surface area (TPSA) is 55.1 Å². The summed E-state index contributed by atoms with van der Waals surface area (Å²) in [7, 11) is 0. The highest BCUT2D eigenvalue weighted by Gasteiger charge is 2.45. The number of nitrogens with two attached hydrogens (primary N) is 1. The number of benzene rings is 1. The van der Waals surface area contributed by atoms with Gasteiger partial charge in [-0.05, 0) is 36.3 Å². The number of anilines is 1. The first kappa shape index (κ1) is 13.2. The van der Waals surface area contributed by atoms with E-state index in [-0.39, 0.29) is 5.91 Å². The van der Waals surface area contributed by atoms with Crippen LogP contribution in [-0.2, 0) is 0 Å². The number of hydrogen-bond donors (Lipinski definition) is 2. The van der Waals surface area contributed by atoms with Crippen molar-refractivity contribution in [1.82, 2.24) is 5.32 Å². The minimum Gasteiger partial charge on any atom is -0.398 e. The van der Waals surface area contributed by atoms with Crippen LogP contribution < -0.4 is 11.1 Å². The molecule has 1 saturated carbocycles. The van der Waals surface area contributed by atoms with Crippen LogP contribution in [0, 0.1) is 11.3 Å². The Balaban J connectivity index is 2.03. The van der Waals surface area contributed by atoms with E-state index in [2.05, 4.69) is 19.2 Å². The van der Waals surface area contributed by atoms with Crippen molar-refractivity contribution in [3.05, 3.63) is 28.8 Å². The molecule has 18 heavy (non-hydrogen) atoms. The molecule has 1 aliphatic carbocycles. The third-order valence-corrected chi connectivity index (χ3v) is 4.41. The van der Waals surface area contributed by atoms with Crippen LogP contribution in [-0.4, -0.2) is 12.5 Å². The quantitative estimate of drug-likeness (QED) is 0.823. The Morgan fingerprint density at radius 1 is 1.50 bits per heavy atom. The van der Waals surface area contributed by atoms with Crippen molar-refractivity contribution in [3.63, 3.8) is 0 Å². The molecule has 2 rings (SSSR count). The Kier molecular flexibility index (Phi) is 3.53. The fraction of sp³-hybridized carbons (Fsp3) is 0.500. The first-order chi connectivity index (χ1) is 8.46. The van der Waals surface area contributed by atoms with Gasteiger partial charge in [-0.1, -0.05) is 31.5 Å². The van der Waals surface area contributed by atoms with Crippen molar-refractivity contribution < 1.29 is 4.79 Å². The van der Waals surface area contributed by atoms with Crippen LogP contribution in [0.2, 0.25) is 5.02 Å². The molecule has 0 radical (unpaired) electrons. The second-order valence-corrected chi connectivity index (χ2v) is 5.79. The summed E-state index contributed by atoms with van der Waals surface area (Å²) in [5.74, 6) is 0.452. The lowest BCUT2D eigenvalue weighted by Gasteiger charge is -2.20. The van der Waals surface area contributed by atoms with E-state index in [9.17, 15) is 4.79 Å². The third kappa shape index (κ3) is 2.46. The minimum absolute atomic E-state index is 0.140. The number of carbonyl (C=O) groups is 1. The van der Waals surface area contributed by atoms with Crippen LogP contribution in [0.25, 0.3) is 0 Å². The molecular weight excluding hydrogens is 248 g/mol. The molecule has 0 aliphatic heterocycles. The van der Waals surface area contributed by atoms with Gasteiger partial charge < -0.3 is 11.1 Å². The standard InChI is InChI=1S/C14H19ClN2O/c1-9(2)14(6-7-14)8-17-13(18)10-4-3-5-11(16)12(10)15/h3-5,9H,6-8,16H2,1-2H3,(H,17,18). The lowest BCUT2D eigenvalue weighted by Crippen LogP contribution is -2.32. The highest BCUT2D eigenvalue weighted by molar-refractivity contribution is 6.36. The van der Waals surface area contributed by atoms with E-state index in [1.165, 1.54) is 12.8 Å². The molecular formula is C14H19ClN2O. The van der Waals surface area contributed by atoms with Gasteiger partial charge in [-0.15, -0.1) is 0 Å². The Morgan fingerprint density at radius 3 is 2.72 bits per heavy atom. The summed E-state index contributed by atoms with van der Waals surface area (Å²) in [6.07, 6.45) is 2.38. The van der Waals surface area contributed by atoms with Gasteiger partial charge in [-0.3, -0.25) is 4.79 Å². The highest BCUT2D eigenvalue weighted by atomic mass is 35.5. The Labute approximate surface area is 113 Å². The molecule has 1 aromatic rings. The van der Waals surface area contributed by atoms with Gasteiger partial charge in [0.2, 0.25) is 0 Å². The lowest BCUT2D eigenvalue weighted by molar-refractivity contribution is 0.0940. The van der Waals surface area contributed by atoms with Crippen LogP contribution in [0.4, 0.5) is 5.69 Å². The number of carbonyl (C=O) groups excluding carboxylic acids is 1. The predicted octanol–water partition coefficient (Wildman–Crippen LogP) is 3.09. The van der Waals surface area contributed by atoms with Crippen molar-refractivity contribution in [1.29, 1.82) is 0 Å². The van der Waals surface area contributed by atoms with Crippen LogP contribution in [0.1, 0.15) is 37.0 Å². The summed E-state index contributed by atoms with van der Waals surface area (Å²) in [4.78, 5) is 12.1. The normalized spacial score (nSPS) is 16.7. The van der Waals surface area contributed by atoms with Gasteiger partial charge in [0.25, 0.3) is 5.91 Å². The molecule has 0 unspecified atom stereocenters. The molecule has 1 fully saturated rings. The SMILES string of the molecule is CC(C)C1(CNC(=O)c2cccc(N)c2Cl)CC1. The molecule has 1 aromatic carbocycles. The largest absolute Gasteiger partial charge is 0.398 e. The van der Waals surface area contributed by atoms with Crippen molar-refractivity contribution >= 4 is 23.2 Å². The number of nitrogens with one attached hydrogen (secondary N) is 1. The Morgan fingerprint density at radius 2 is 2.17 bits per heavy atom. The molecule has 3 N–H and O–H groups in total. The number of rotatable bonds is 4. The maximum atomic E-state index is 12.1. The van der Waals surface area contributed by atoms with E-state index in [1.54, 1.807) is 18.2 Å². The van der Waals surface area contributed by atoms with Gasteiger partial charge in [0.05, 0.1) is 16.3 Å². The van der Waals surface area contributed by atoms with Crippen molar-refractivity contribution in [2.75, 3.05) is 12.3 Å². The fourth-order valence-corrected chi connectivity index (χ4v) is 2.41. The number of amides is 1.